The molecule has 0 radical (unpaired) electrons. The summed E-state index contributed by atoms with van der Waals surface area (Å²) in [4.78, 5) is 14.2. The van der Waals surface area contributed by atoms with E-state index in [-0.39, 0.29) is 12.0 Å². The fourth-order valence-corrected chi connectivity index (χ4v) is 4.99. The van der Waals surface area contributed by atoms with Crippen LogP contribution < -0.4 is 0 Å². The molecule has 1 heterocycles. The van der Waals surface area contributed by atoms with Gasteiger partial charge in [0.05, 0.1) is 25.9 Å². The van der Waals surface area contributed by atoms with Crippen molar-refractivity contribution in [1.82, 2.24) is 4.90 Å². The van der Waals surface area contributed by atoms with E-state index >= 15 is 0 Å². The van der Waals surface area contributed by atoms with Crippen LogP contribution in [0.15, 0.2) is 11.6 Å². The molecule has 148 valence electrons. The van der Waals surface area contributed by atoms with Gasteiger partial charge in [-0.15, -0.1) is 0 Å². The third-order valence-electron chi connectivity index (χ3n) is 6.78. The summed E-state index contributed by atoms with van der Waals surface area (Å²) in [6.45, 7) is 9.21. The summed E-state index contributed by atoms with van der Waals surface area (Å²) in [5.41, 5.74) is 1.82. The number of aliphatic hydroxyl groups excluding tert-OH is 1. The maximum atomic E-state index is 12.1. The van der Waals surface area contributed by atoms with Crippen molar-refractivity contribution in [2.45, 2.75) is 65.0 Å². The molecule has 2 fully saturated rings. The van der Waals surface area contributed by atoms with Crippen LogP contribution in [0.5, 0.6) is 0 Å². The summed E-state index contributed by atoms with van der Waals surface area (Å²) in [5.74, 6) is 1.32. The fraction of sp³-hybridized carbons (Fsp3) is 0.857. The van der Waals surface area contributed by atoms with Crippen molar-refractivity contribution in [3.05, 3.63) is 11.6 Å². The van der Waals surface area contributed by atoms with E-state index in [1.165, 1.54) is 18.4 Å². The molecule has 26 heavy (non-hydrogen) atoms. The van der Waals surface area contributed by atoms with E-state index in [1.807, 2.05) is 6.92 Å². The second kappa shape index (κ2) is 8.41. The van der Waals surface area contributed by atoms with Crippen molar-refractivity contribution < 1.29 is 19.4 Å². The first-order valence-corrected chi connectivity index (χ1v) is 10.3. The highest BCUT2D eigenvalue weighted by molar-refractivity contribution is 5.75. The lowest BCUT2D eigenvalue weighted by Crippen LogP contribution is -2.49. The second-order valence-corrected chi connectivity index (χ2v) is 8.75. The monoisotopic (exact) mass is 365 g/mol. The minimum absolute atomic E-state index is 0.158. The summed E-state index contributed by atoms with van der Waals surface area (Å²) in [6.07, 6.45) is 7.15. The van der Waals surface area contributed by atoms with Crippen LogP contribution in [0, 0.1) is 17.3 Å². The SMILES string of the molecule is CCOC(=O)C1CCCCN1CC(O)COCC1=CCC2CC1C2(C)C. The second-order valence-electron chi connectivity index (χ2n) is 8.75. The summed E-state index contributed by atoms with van der Waals surface area (Å²) in [5, 5.41) is 10.4. The molecular weight excluding hydrogens is 330 g/mol. The molecule has 1 saturated carbocycles. The lowest BCUT2D eigenvalue weighted by atomic mass is 9.49. The summed E-state index contributed by atoms with van der Waals surface area (Å²) >= 11 is 0. The van der Waals surface area contributed by atoms with Gasteiger partial charge >= 0.3 is 5.97 Å². The highest BCUT2D eigenvalue weighted by Gasteiger charge is 2.50. The third-order valence-corrected chi connectivity index (χ3v) is 6.78. The first kappa shape index (κ1) is 19.8. The van der Waals surface area contributed by atoms with Crippen LogP contribution in [0.25, 0.3) is 0 Å². The molecule has 1 aliphatic heterocycles. The molecule has 4 atom stereocenters. The molecule has 1 N–H and O–H groups in total. The highest BCUT2D eigenvalue weighted by Crippen LogP contribution is 2.59. The quantitative estimate of drug-likeness (QED) is 0.529. The molecule has 2 bridgehead atoms. The van der Waals surface area contributed by atoms with Gasteiger partial charge in [0.25, 0.3) is 0 Å². The number of ether oxygens (including phenoxy) is 2. The number of nitrogens with zero attached hydrogens (tertiary/aromatic N) is 1. The van der Waals surface area contributed by atoms with E-state index in [1.54, 1.807) is 0 Å². The number of hydrogen-bond acceptors (Lipinski definition) is 5. The van der Waals surface area contributed by atoms with Crippen molar-refractivity contribution in [2.24, 2.45) is 17.3 Å². The Labute approximate surface area is 157 Å². The van der Waals surface area contributed by atoms with Gasteiger partial charge in [-0.05, 0) is 62.0 Å². The Morgan fingerprint density at radius 3 is 2.92 bits per heavy atom. The van der Waals surface area contributed by atoms with Gasteiger partial charge in [0, 0.05) is 6.54 Å². The van der Waals surface area contributed by atoms with Crippen LogP contribution >= 0.6 is 0 Å². The molecule has 1 saturated heterocycles. The normalized spacial score (nSPS) is 31.7. The summed E-state index contributed by atoms with van der Waals surface area (Å²) < 4.78 is 11.0. The Bertz CT molecular complexity index is 530. The van der Waals surface area contributed by atoms with Gasteiger partial charge in [-0.2, -0.15) is 0 Å². The number of carbonyl (C=O) groups excluding carboxylic acids is 1. The maximum Gasteiger partial charge on any atom is 0.323 e. The topological polar surface area (TPSA) is 59.0 Å². The number of aliphatic hydroxyl groups is 1. The molecule has 3 aliphatic carbocycles. The van der Waals surface area contributed by atoms with E-state index in [4.69, 9.17) is 9.47 Å². The number of rotatable bonds is 8. The van der Waals surface area contributed by atoms with Crippen LogP contribution in [-0.2, 0) is 14.3 Å². The van der Waals surface area contributed by atoms with Crippen molar-refractivity contribution >= 4 is 5.97 Å². The minimum atomic E-state index is -0.573. The van der Waals surface area contributed by atoms with E-state index < -0.39 is 6.10 Å². The van der Waals surface area contributed by atoms with Gasteiger partial charge < -0.3 is 14.6 Å². The first-order valence-electron chi connectivity index (χ1n) is 10.3. The average Bonchev–Trinajstić information content (AvgIpc) is 2.62. The molecule has 5 heteroatoms. The molecule has 5 nitrogen and oxygen atoms in total. The zero-order chi connectivity index (χ0) is 18.7. The Balaban J connectivity index is 1.43. The van der Waals surface area contributed by atoms with Gasteiger partial charge in [-0.3, -0.25) is 9.69 Å². The molecule has 4 aliphatic rings. The fourth-order valence-electron chi connectivity index (χ4n) is 4.99. The smallest absolute Gasteiger partial charge is 0.323 e. The number of carbonyl (C=O) groups is 1. The molecule has 0 aromatic heterocycles. The number of piperidine rings is 1. The number of fused-ring (bicyclic) bond motifs is 1. The van der Waals surface area contributed by atoms with Crippen molar-refractivity contribution in [3.63, 3.8) is 0 Å². The van der Waals surface area contributed by atoms with E-state index in [2.05, 4.69) is 24.8 Å². The number of esters is 1. The Hall–Kier alpha value is -0.910. The standard InChI is InChI=1S/C21H35NO4/c1-4-26-20(24)19-7-5-6-10-22(19)12-17(23)14-25-13-15-8-9-16-11-18(15)21(16,2)3/h8,16-19,23H,4-7,9-14H2,1-3H3. The predicted molar refractivity (Wildman–Crippen MR) is 101 cm³/mol. The summed E-state index contributed by atoms with van der Waals surface area (Å²) in [7, 11) is 0. The zero-order valence-corrected chi connectivity index (χ0v) is 16.6. The van der Waals surface area contributed by atoms with Crippen molar-refractivity contribution in [3.8, 4) is 0 Å². The molecule has 0 amide bonds. The van der Waals surface area contributed by atoms with E-state index in [0.29, 0.717) is 37.7 Å². The zero-order valence-electron chi connectivity index (χ0n) is 16.6. The Morgan fingerprint density at radius 1 is 1.42 bits per heavy atom. The lowest BCUT2D eigenvalue weighted by Gasteiger charge is -2.56. The van der Waals surface area contributed by atoms with E-state index in [0.717, 1.165) is 31.7 Å². The number of β-amino-alcohol motifs (C(OH)–C–C–N with tert-alkyl or cyclic N) is 1. The third kappa shape index (κ3) is 4.15. The molecule has 0 aromatic carbocycles. The van der Waals surface area contributed by atoms with Gasteiger partial charge in [0.1, 0.15) is 6.04 Å². The molecule has 0 aromatic rings. The number of hydrogen-bond donors (Lipinski definition) is 1. The Morgan fingerprint density at radius 2 is 2.23 bits per heavy atom. The molecule has 0 spiro atoms. The maximum absolute atomic E-state index is 12.1. The molecular formula is C21H35NO4. The number of likely N-dealkylation sites (tertiary alicyclic amines) is 1. The van der Waals surface area contributed by atoms with E-state index in [9.17, 15) is 9.90 Å². The van der Waals surface area contributed by atoms with Crippen LogP contribution in [0.4, 0.5) is 0 Å². The van der Waals surface area contributed by atoms with Crippen LogP contribution in [0.1, 0.15) is 52.9 Å². The minimum Gasteiger partial charge on any atom is -0.465 e. The van der Waals surface area contributed by atoms with Gasteiger partial charge in [0.15, 0.2) is 0 Å². The number of allylic oxidation sites excluding steroid dienone is 1. The predicted octanol–water partition coefficient (Wildman–Crippen LogP) is 2.77. The van der Waals surface area contributed by atoms with Crippen LogP contribution in [0.3, 0.4) is 0 Å². The van der Waals surface area contributed by atoms with Gasteiger partial charge in [0.2, 0.25) is 0 Å². The molecule has 4 rings (SSSR count). The van der Waals surface area contributed by atoms with Gasteiger partial charge in [-0.25, -0.2) is 0 Å². The van der Waals surface area contributed by atoms with Crippen molar-refractivity contribution in [1.29, 1.82) is 0 Å². The lowest BCUT2D eigenvalue weighted by molar-refractivity contribution is -0.151. The average molecular weight is 366 g/mol. The summed E-state index contributed by atoms with van der Waals surface area (Å²) in [6, 6.07) is -0.216. The van der Waals surface area contributed by atoms with Crippen molar-refractivity contribution in [2.75, 3.05) is 32.9 Å². The van der Waals surface area contributed by atoms with Gasteiger partial charge in [-0.1, -0.05) is 26.3 Å². The first-order chi connectivity index (χ1) is 12.4. The van der Waals surface area contributed by atoms with Crippen LogP contribution in [0.2, 0.25) is 0 Å². The largest absolute Gasteiger partial charge is 0.465 e. The highest BCUT2D eigenvalue weighted by atomic mass is 16.5. The van der Waals surface area contributed by atoms with Crippen LogP contribution in [-0.4, -0.2) is 61.0 Å². The Kier molecular flexibility index (Phi) is 6.41. The molecule has 4 unspecified atom stereocenters.